The summed E-state index contributed by atoms with van der Waals surface area (Å²) in [5, 5.41) is 2.83. The molecule has 0 radical (unpaired) electrons. The summed E-state index contributed by atoms with van der Waals surface area (Å²) in [5.41, 5.74) is 1.92. The van der Waals surface area contributed by atoms with Crippen LogP contribution in [-0.2, 0) is 0 Å². The smallest absolute Gasteiger partial charge is 0.257 e. The highest BCUT2D eigenvalue weighted by Crippen LogP contribution is 2.40. The number of nitrogens with one attached hydrogen (secondary N) is 1. The first kappa shape index (κ1) is 11.5. The van der Waals surface area contributed by atoms with Gasteiger partial charge in [-0.3, -0.25) is 0 Å². The van der Waals surface area contributed by atoms with Crippen LogP contribution in [0.5, 0.6) is 0 Å². The molecule has 0 spiro atoms. The van der Waals surface area contributed by atoms with Crippen LogP contribution in [0.25, 0.3) is 0 Å². The second kappa shape index (κ2) is 4.91. The molecule has 0 aliphatic heterocycles. The van der Waals surface area contributed by atoms with Crippen LogP contribution in [0.2, 0.25) is 0 Å². The molecule has 0 aromatic heterocycles. The molecule has 1 fully saturated rings. The van der Waals surface area contributed by atoms with E-state index in [1.807, 2.05) is 25.1 Å². The van der Waals surface area contributed by atoms with Crippen molar-refractivity contribution in [3.05, 3.63) is 35.4 Å². The highest BCUT2D eigenvalue weighted by Gasteiger charge is 2.26. The Kier molecular flexibility index (Phi) is 3.54. The summed E-state index contributed by atoms with van der Waals surface area (Å²) in [7, 11) is 0. The maximum atomic E-state index is 12.9. The molecule has 3 heteroatoms. The van der Waals surface area contributed by atoms with Crippen molar-refractivity contribution in [2.75, 3.05) is 6.54 Å². The van der Waals surface area contributed by atoms with Crippen LogP contribution in [-0.4, -0.2) is 13.0 Å². The fourth-order valence-electron chi connectivity index (χ4n) is 2.00. The van der Waals surface area contributed by atoms with Crippen LogP contribution in [0.1, 0.15) is 42.9 Å². The molecule has 1 aliphatic rings. The third kappa shape index (κ3) is 2.59. The van der Waals surface area contributed by atoms with Crippen LogP contribution < -0.4 is 5.32 Å². The number of halogens is 2. The summed E-state index contributed by atoms with van der Waals surface area (Å²) in [6.07, 6.45) is 0.0444. The van der Waals surface area contributed by atoms with Crippen molar-refractivity contribution in [3.63, 3.8) is 0 Å². The monoisotopic (exact) mass is 225 g/mol. The van der Waals surface area contributed by atoms with Crippen LogP contribution in [0.3, 0.4) is 0 Å². The first-order chi connectivity index (χ1) is 7.72. The highest BCUT2D eigenvalue weighted by atomic mass is 19.3. The minimum atomic E-state index is -2.35. The van der Waals surface area contributed by atoms with Crippen molar-refractivity contribution < 1.29 is 8.78 Å². The zero-order chi connectivity index (χ0) is 11.5. The lowest BCUT2D eigenvalue weighted by molar-refractivity contribution is 0.0992. The van der Waals surface area contributed by atoms with E-state index >= 15 is 0 Å². The molecule has 16 heavy (non-hydrogen) atoms. The molecule has 1 aliphatic carbocycles. The Bertz CT molecular complexity index is 348. The third-order valence-electron chi connectivity index (χ3n) is 2.99. The van der Waals surface area contributed by atoms with Crippen LogP contribution in [0.4, 0.5) is 8.78 Å². The van der Waals surface area contributed by atoms with E-state index in [1.165, 1.54) is 18.4 Å². The van der Waals surface area contributed by atoms with Gasteiger partial charge in [-0.05, 0) is 36.4 Å². The highest BCUT2D eigenvalue weighted by molar-refractivity contribution is 5.31. The molecule has 0 saturated heterocycles. The maximum Gasteiger partial charge on any atom is 0.257 e. The Morgan fingerprint density at radius 2 is 2.12 bits per heavy atom. The van der Waals surface area contributed by atoms with Gasteiger partial charge >= 0.3 is 0 Å². The van der Waals surface area contributed by atoms with Gasteiger partial charge in [0.05, 0.1) is 6.04 Å². The number of rotatable bonds is 5. The van der Waals surface area contributed by atoms with Gasteiger partial charge in [-0.15, -0.1) is 0 Å². The van der Waals surface area contributed by atoms with E-state index in [0.717, 1.165) is 0 Å². The van der Waals surface area contributed by atoms with Crippen molar-refractivity contribution in [3.8, 4) is 0 Å². The quantitative estimate of drug-likeness (QED) is 0.809. The van der Waals surface area contributed by atoms with Gasteiger partial charge < -0.3 is 5.32 Å². The topological polar surface area (TPSA) is 12.0 Å². The van der Waals surface area contributed by atoms with E-state index in [2.05, 4.69) is 5.32 Å². The Balaban J connectivity index is 2.19. The largest absolute Gasteiger partial charge is 0.306 e. The van der Waals surface area contributed by atoms with Gasteiger partial charge in [0.1, 0.15) is 0 Å². The fraction of sp³-hybridized carbons (Fsp3) is 0.538. The molecule has 0 bridgehead atoms. The number of alkyl halides is 2. The van der Waals surface area contributed by atoms with Gasteiger partial charge in [0.2, 0.25) is 0 Å². The minimum absolute atomic E-state index is 0.558. The molecule has 1 unspecified atom stereocenters. The third-order valence-corrected chi connectivity index (χ3v) is 2.99. The first-order valence-corrected chi connectivity index (χ1v) is 5.83. The average Bonchev–Trinajstić information content (AvgIpc) is 3.09. The van der Waals surface area contributed by atoms with E-state index in [4.69, 9.17) is 0 Å². The van der Waals surface area contributed by atoms with Crippen LogP contribution >= 0.6 is 0 Å². The number of hydrogen-bond acceptors (Lipinski definition) is 1. The zero-order valence-corrected chi connectivity index (χ0v) is 9.42. The Morgan fingerprint density at radius 1 is 1.38 bits per heavy atom. The normalized spacial score (nSPS) is 17.8. The molecule has 0 amide bonds. The van der Waals surface area contributed by atoms with E-state index in [1.54, 1.807) is 6.07 Å². The summed E-state index contributed by atoms with van der Waals surface area (Å²) < 4.78 is 25.7. The first-order valence-electron chi connectivity index (χ1n) is 5.83. The lowest BCUT2D eigenvalue weighted by atomic mass is 10.0. The lowest BCUT2D eigenvalue weighted by Gasteiger charge is -2.18. The molecular weight excluding hydrogens is 208 g/mol. The molecule has 1 atom stereocenters. The van der Waals surface area contributed by atoms with E-state index in [9.17, 15) is 8.78 Å². The van der Waals surface area contributed by atoms with E-state index < -0.39 is 12.5 Å². The maximum absolute atomic E-state index is 12.9. The second-order valence-electron chi connectivity index (χ2n) is 4.31. The average molecular weight is 225 g/mol. The molecular formula is C13H17F2N. The summed E-state index contributed by atoms with van der Waals surface area (Å²) in [4.78, 5) is 0. The Labute approximate surface area is 94.9 Å². The predicted molar refractivity (Wildman–Crippen MR) is 60.8 cm³/mol. The predicted octanol–water partition coefficient (Wildman–Crippen LogP) is 3.48. The molecule has 88 valence electrons. The van der Waals surface area contributed by atoms with E-state index in [-0.39, 0.29) is 0 Å². The van der Waals surface area contributed by atoms with Gasteiger partial charge in [-0.2, -0.15) is 0 Å². The van der Waals surface area contributed by atoms with Crippen molar-refractivity contribution in [1.82, 2.24) is 5.32 Å². The molecule has 1 nitrogen and oxygen atoms in total. The van der Waals surface area contributed by atoms with Crippen molar-refractivity contribution in [1.29, 1.82) is 0 Å². The summed E-state index contributed by atoms with van der Waals surface area (Å²) in [5.74, 6) is 0.611. The molecule has 1 N–H and O–H groups in total. The minimum Gasteiger partial charge on any atom is -0.306 e. The van der Waals surface area contributed by atoms with Gasteiger partial charge in [0, 0.05) is 0 Å². The Morgan fingerprint density at radius 3 is 2.69 bits per heavy atom. The number of hydrogen-bond donors (Lipinski definition) is 1. The van der Waals surface area contributed by atoms with Gasteiger partial charge in [-0.1, -0.05) is 31.2 Å². The van der Waals surface area contributed by atoms with Crippen molar-refractivity contribution in [2.24, 2.45) is 0 Å². The number of benzene rings is 1. The Hall–Kier alpha value is -0.960. The SMILES string of the molecule is CCNC(c1cccc(C2CC2)c1)C(F)F. The molecule has 1 aromatic carbocycles. The van der Waals surface area contributed by atoms with Crippen molar-refractivity contribution >= 4 is 0 Å². The molecule has 1 saturated carbocycles. The van der Waals surface area contributed by atoms with Gasteiger partial charge in [0.15, 0.2) is 0 Å². The molecule has 0 heterocycles. The second-order valence-corrected chi connectivity index (χ2v) is 4.31. The zero-order valence-electron chi connectivity index (χ0n) is 9.42. The van der Waals surface area contributed by atoms with Crippen LogP contribution in [0.15, 0.2) is 24.3 Å². The summed E-state index contributed by atoms with van der Waals surface area (Å²) >= 11 is 0. The summed E-state index contributed by atoms with van der Waals surface area (Å²) in [6.45, 7) is 2.41. The molecule has 2 rings (SSSR count). The van der Waals surface area contributed by atoms with Gasteiger partial charge in [0.25, 0.3) is 6.43 Å². The van der Waals surface area contributed by atoms with Gasteiger partial charge in [-0.25, -0.2) is 8.78 Å². The van der Waals surface area contributed by atoms with Crippen LogP contribution in [0, 0.1) is 0 Å². The van der Waals surface area contributed by atoms with Crippen molar-refractivity contribution in [2.45, 2.75) is 38.2 Å². The molecule has 1 aromatic rings. The van der Waals surface area contributed by atoms with E-state index in [0.29, 0.717) is 18.0 Å². The lowest BCUT2D eigenvalue weighted by Crippen LogP contribution is -2.27. The fourth-order valence-corrected chi connectivity index (χ4v) is 2.00. The summed E-state index contributed by atoms with van der Waals surface area (Å²) in [6, 6.07) is 6.80. The standard InChI is InChI=1S/C13H17F2N/c1-2-16-12(13(14)15)11-5-3-4-10(8-11)9-6-7-9/h3-5,8-9,12-13,16H,2,6-7H2,1H3.